The summed E-state index contributed by atoms with van der Waals surface area (Å²) < 4.78 is 0. The number of aliphatic hydroxyl groups is 1. The summed E-state index contributed by atoms with van der Waals surface area (Å²) in [6.07, 6.45) is 1.45. The summed E-state index contributed by atoms with van der Waals surface area (Å²) in [5.74, 6) is 0. The number of hydrogen-bond acceptors (Lipinski definition) is 3. The van der Waals surface area contributed by atoms with Gasteiger partial charge >= 0.3 is 0 Å². The van der Waals surface area contributed by atoms with Crippen LogP contribution in [0.2, 0.25) is 0 Å². The first-order valence-electron chi connectivity index (χ1n) is 4.26. The zero-order valence-corrected chi connectivity index (χ0v) is 8.27. The molecule has 0 aromatic heterocycles. The molecule has 14 heavy (non-hydrogen) atoms. The number of carbonyl (C=O) groups excluding carboxylic acids is 1. The van der Waals surface area contributed by atoms with Crippen molar-refractivity contribution in [2.45, 2.75) is 0 Å². The Bertz CT molecular complexity index is 339. The predicted octanol–water partition coefficient (Wildman–Crippen LogP) is 1.85. The average Bonchev–Trinajstić information content (AvgIpc) is 2.20. The van der Waals surface area contributed by atoms with Gasteiger partial charge in [-0.05, 0) is 17.7 Å². The number of rotatable bonds is 3. The minimum atomic E-state index is 0.287. The molecule has 0 atom stereocenters. The Kier molecular flexibility index (Phi) is 3.29. The van der Waals surface area contributed by atoms with Crippen LogP contribution in [-0.2, 0) is 4.79 Å². The smallest absolute Gasteiger partial charge is 0.153 e. The third-order valence-electron chi connectivity index (χ3n) is 1.98. The highest BCUT2D eigenvalue weighted by Gasteiger charge is 2.00. The number of nitrogens with zero attached hydrogens (tertiary/aromatic N) is 1. The maximum Gasteiger partial charge on any atom is 0.153 e. The van der Waals surface area contributed by atoms with E-state index >= 15 is 0 Å². The number of aliphatic hydroxyl groups excluding tert-OH is 1. The Morgan fingerprint density at radius 1 is 1.29 bits per heavy atom. The molecule has 1 rings (SSSR count). The van der Waals surface area contributed by atoms with E-state index in [9.17, 15) is 4.79 Å². The first kappa shape index (κ1) is 10.3. The molecule has 0 saturated heterocycles. The lowest BCUT2D eigenvalue weighted by Gasteiger charge is -2.12. The molecule has 0 radical (unpaired) electrons. The van der Waals surface area contributed by atoms with Crippen molar-refractivity contribution in [1.82, 2.24) is 0 Å². The Labute approximate surface area is 83.3 Å². The SMILES string of the molecule is CN(C)c1ccc(/C(C=O)=C/O)cc1. The largest absolute Gasteiger partial charge is 0.515 e. The molecular formula is C11H13NO2. The van der Waals surface area contributed by atoms with Crippen molar-refractivity contribution in [2.75, 3.05) is 19.0 Å². The minimum Gasteiger partial charge on any atom is -0.515 e. The molecule has 3 heteroatoms. The van der Waals surface area contributed by atoms with Crippen molar-refractivity contribution in [2.24, 2.45) is 0 Å². The van der Waals surface area contributed by atoms with Gasteiger partial charge in [0.1, 0.15) is 0 Å². The summed E-state index contributed by atoms with van der Waals surface area (Å²) >= 11 is 0. The fourth-order valence-electron chi connectivity index (χ4n) is 1.13. The molecule has 0 fully saturated rings. The summed E-state index contributed by atoms with van der Waals surface area (Å²) in [4.78, 5) is 12.5. The number of allylic oxidation sites excluding steroid dienone is 1. The van der Waals surface area contributed by atoms with Crippen molar-refractivity contribution in [3.8, 4) is 0 Å². The topological polar surface area (TPSA) is 40.5 Å². The van der Waals surface area contributed by atoms with Crippen LogP contribution in [0.3, 0.4) is 0 Å². The minimum absolute atomic E-state index is 0.287. The lowest BCUT2D eigenvalue weighted by Crippen LogP contribution is -2.08. The summed E-state index contributed by atoms with van der Waals surface area (Å²) in [6, 6.07) is 7.38. The number of aldehydes is 1. The molecule has 0 unspecified atom stereocenters. The van der Waals surface area contributed by atoms with Crippen LogP contribution in [0.25, 0.3) is 5.57 Å². The first-order valence-corrected chi connectivity index (χ1v) is 4.26. The van der Waals surface area contributed by atoms with Crippen molar-refractivity contribution in [1.29, 1.82) is 0 Å². The monoisotopic (exact) mass is 191 g/mol. The van der Waals surface area contributed by atoms with Gasteiger partial charge in [0, 0.05) is 19.8 Å². The molecule has 0 aliphatic heterocycles. The van der Waals surface area contributed by atoms with E-state index in [0.717, 1.165) is 11.9 Å². The van der Waals surface area contributed by atoms with E-state index in [-0.39, 0.29) is 5.57 Å². The number of hydrogen-bond donors (Lipinski definition) is 1. The molecule has 0 bridgehead atoms. The van der Waals surface area contributed by atoms with Crippen LogP contribution >= 0.6 is 0 Å². The molecule has 0 amide bonds. The number of benzene rings is 1. The van der Waals surface area contributed by atoms with Gasteiger partial charge in [-0.1, -0.05) is 12.1 Å². The molecule has 74 valence electrons. The van der Waals surface area contributed by atoms with Crippen molar-refractivity contribution >= 4 is 17.5 Å². The second-order valence-corrected chi connectivity index (χ2v) is 3.14. The van der Waals surface area contributed by atoms with Gasteiger partial charge in [0.05, 0.1) is 11.8 Å². The molecule has 0 spiro atoms. The Morgan fingerprint density at radius 3 is 2.21 bits per heavy atom. The Morgan fingerprint density at radius 2 is 1.86 bits per heavy atom. The van der Waals surface area contributed by atoms with E-state index in [4.69, 9.17) is 5.11 Å². The summed E-state index contributed by atoms with van der Waals surface area (Å²) in [7, 11) is 3.88. The van der Waals surface area contributed by atoms with E-state index < -0.39 is 0 Å². The summed E-state index contributed by atoms with van der Waals surface area (Å²) in [5.41, 5.74) is 2.06. The van der Waals surface area contributed by atoms with E-state index in [2.05, 4.69) is 0 Å². The van der Waals surface area contributed by atoms with Gasteiger partial charge in [-0.3, -0.25) is 4.79 Å². The van der Waals surface area contributed by atoms with Crippen LogP contribution in [0.1, 0.15) is 5.56 Å². The quantitative estimate of drug-likeness (QED) is 0.450. The highest BCUT2D eigenvalue weighted by molar-refractivity contribution is 6.06. The number of anilines is 1. The molecular weight excluding hydrogens is 178 g/mol. The van der Waals surface area contributed by atoms with Crippen LogP contribution in [0.15, 0.2) is 30.5 Å². The van der Waals surface area contributed by atoms with Crippen LogP contribution in [0.4, 0.5) is 5.69 Å². The van der Waals surface area contributed by atoms with Gasteiger partial charge in [-0.15, -0.1) is 0 Å². The van der Waals surface area contributed by atoms with E-state index in [1.165, 1.54) is 0 Å². The molecule has 1 aromatic carbocycles. The van der Waals surface area contributed by atoms with E-state index in [0.29, 0.717) is 11.8 Å². The molecule has 0 saturated carbocycles. The highest BCUT2D eigenvalue weighted by Crippen LogP contribution is 2.16. The summed E-state index contributed by atoms with van der Waals surface area (Å²) in [6.45, 7) is 0. The van der Waals surface area contributed by atoms with Gasteiger partial charge < -0.3 is 10.0 Å². The average molecular weight is 191 g/mol. The lowest BCUT2D eigenvalue weighted by molar-refractivity contribution is -0.103. The maximum absolute atomic E-state index is 10.5. The second kappa shape index (κ2) is 4.46. The van der Waals surface area contributed by atoms with Crippen molar-refractivity contribution in [3.05, 3.63) is 36.1 Å². The van der Waals surface area contributed by atoms with Gasteiger partial charge in [0.15, 0.2) is 6.29 Å². The van der Waals surface area contributed by atoms with E-state index in [1.807, 2.05) is 31.1 Å². The molecule has 1 aromatic rings. The van der Waals surface area contributed by atoms with Gasteiger partial charge in [-0.2, -0.15) is 0 Å². The van der Waals surface area contributed by atoms with Crippen LogP contribution in [-0.4, -0.2) is 25.5 Å². The van der Waals surface area contributed by atoms with Gasteiger partial charge in [0.2, 0.25) is 0 Å². The van der Waals surface area contributed by atoms with Crippen LogP contribution in [0.5, 0.6) is 0 Å². The van der Waals surface area contributed by atoms with Gasteiger partial charge in [0.25, 0.3) is 0 Å². The number of carbonyl (C=O) groups is 1. The zero-order chi connectivity index (χ0) is 10.6. The zero-order valence-electron chi connectivity index (χ0n) is 8.27. The second-order valence-electron chi connectivity index (χ2n) is 3.14. The third-order valence-corrected chi connectivity index (χ3v) is 1.98. The first-order chi connectivity index (χ1) is 6.69. The molecule has 3 nitrogen and oxygen atoms in total. The molecule has 1 N–H and O–H groups in total. The maximum atomic E-state index is 10.5. The lowest BCUT2D eigenvalue weighted by atomic mass is 10.1. The normalized spacial score (nSPS) is 11.1. The van der Waals surface area contributed by atoms with Crippen molar-refractivity contribution in [3.63, 3.8) is 0 Å². The van der Waals surface area contributed by atoms with Crippen LogP contribution in [0, 0.1) is 0 Å². The molecule has 0 heterocycles. The fourth-order valence-corrected chi connectivity index (χ4v) is 1.13. The molecule has 0 aliphatic carbocycles. The van der Waals surface area contributed by atoms with Crippen LogP contribution < -0.4 is 4.90 Å². The molecule has 0 aliphatic rings. The summed E-state index contributed by atoms with van der Waals surface area (Å²) in [5, 5.41) is 8.75. The third kappa shape index (κ3) is 2.13. The standard InChI is InChI=1S/C11H13NO2/c1-12(2)11-5-3-9(4-6-11)10(7-13)8-14/h3-8,13H,1-2H3/b10-7+. The highest BCUT2D eigenvalue weighted by atomic mass is 16.2. The Balaban J connectivity index is 2.99. The predicted molar refractivity (Wildman–Crippen MR) is 57.4 cm³/mol. The van der Waals surface area contributed by atoms with Gasteiger partial charge in [-0.25, -0.2) is 0 Å². The van der Waals surface area contributed by atoms with Crippen molar-refractivity contribution < 1.29 is 9.90 Å². The fraction of sp³-hybridized carbons (Fsp3) is 0.182. The van der Waals surface area contributed by atoms with E-state index in [1.54, 1.807) is 12.1 Å². The Hall–Kier alpha value is -1.77.